The van der Waals surface area contributed by atoms with Crippen LogP contribution in [-0.4, -0.2) is 27.8 Å². The first-order valence-electron chi connectivity index (χ1n) is 5.31. The highest BCUT2D eigenvalue weighted by Gasteiger charge is 2.12. The van der Waals surface area contributed by atoms with E-state index in [1.165, 1.54) is 18.4 Å². The normalized spacial score (nSPS) is 10.5. The van der Waals surface area contributed by atoms with E-state index in [0.717, 1.165) is 23.5 Å². The van der Waals surface area contributed by atoms with Crippen LogP contribution < -0.4 is 0 Å². The number of aryl methyl sites for hydroxylation is 1. The van der Waals surface area contributed by atoms with Crippen molar-refractivity contribution < 1.29 is 9.53 Å². The van der Waals surface area contributed by atoms with Crippen LogP contribution >= 0.6 is 11.3 Å². The Kier molecular flexibility index (Phi) is 3.53. The number of esters is 1. The van der Waals surface area contributed by atoms with Gasteiger partial charge in [0.15, 0.2) is 5.69 Å². The zero-order valence-electron chi connectivity index (χ0n) is 9.71. The van der Waals surface area contributed by atoms with E-state index in [0.29, 0.717) is 5.69 Å². The van der Waals surface area contributed by atoms with Gasteiger partial charge in [0.2, 0.25) is 0 Å². The lowest BCUT2D eigenvalue weighted by Crippen LogP contribution is -2.00. The molecule has 90 valence electrons. The average molecular weight is 251 g/mol. The summed E-state index contributed by atoms with van der Waals surface area (Å²) in [7, 11) is 1.35. The van der Waals surface area contributed by atoms with Gasteiger partial charge in [-0.05, 0) is 6.42 Å². The van der Waals surface area contributed by atoms with Crippen molar-refractivity contribution in [1.29, 1.82) is 0 Å². The number of hydrogen-bond acceptors (Lipinski definition) is 5. The Morgan fingerprint density at radius 3 is 3.12 bits per heavy atom. The molecule has 0 aliphatic heterocycles. The number of hydrogen-bond donors (Lipinski definition) is 0. The predicted octanol–water partition coefficient (Wildman–Crippen LogP) is 2.20. The van der Waals surface area contributed by atoms with Gasteiger partial charge in [-0.1, -0.05) is 6.92 Å². The number of aromatic nitrogens is 3. The summed E-state index contributed by atoms with van der Waals surface area (Å²) >= 11 is 1.41. The maximum atomic E-state index is 11.3. The molecule has 5 nitrogen and oxygen atoms in total. The first-order chi connectivity index (χ1) is 8.24. The van der Waals surface area contributed by atoms with Crippen LogP contribution in [0.5, 0.6) is 0 Å². The van der Waals surface area contributed by atoms with E-state index >= 15 is 0 Å². The zero-order chi connectivity index (χ0) is 12.3. The summed E-state index contributed by atoms with van der Waals surface area (Å²) in [4.78, 5) is 15.5. The highest BCUT2D eigenvalue weighted by molar-refractivity contribution is 7.13. The molecule has 2 rings (SSSR count). The molecule has 0 N–H and O–H groups in total. The van der Waals surface area contributed by atoms with Gasteiger partial charge in [0.1, 0.15) is 5.01 Å². The van der Waals surface area contributed by atoms with E-state index in [9.17, 15) is 4.79 Å². The van der Waals surface area contributed by atoms with Gasteiger partial charge >= 0.3 is 5.97 Å². The fourth-order valence-corrected chi connectivity index (χ4v) is 2.19. The molecule has 0 aromatic carbocycles. The molecule has 0 atom stereocenters. The van der Waals surface area contributed by atoms with Gasteiger partial charge in [-0.15, -0.1) is 11.3 Å². The molecule has 2 aromatic rings. The summed E-state index contributed by atoms with van der Waals surface area (Å²) in [5.41, 5.74) is 1.27. The van der Waals surface area contributed by atoms with Crippen molar-refractivity contribution in [2.24, 2.45) is 0 Å². The van der Waals surface area contributed by atoms with Crippen LogP contribution in [0, 0.1) is 0 Å². The molecule has 0 aliphatic rings. The Morgan fingerprint density at radius 1 is 1.59 bits per heavy atom. The third kappa shape index (κ3) is 2.52. The summed E-state index contributed by atoms with van der Waals surface area (Å²) in [5, 5.41) is 6.70. The largest absolute Gasteiger partial charge is 0.464 e. The third-order valence-corrected chi connectivity index (χ3v) is 3.12. The first-order valence-corrected chi connectivity index (χ1v) is 6.19. The number of carbonyl (C=O) groups is 1. The van der Waals surface area contributed by atoms with E-state index in [-0.39, 0.29) is 0 Å². The second kappa shape index (κ2) is 5.09. The molecular weight excluding hydrogens is 238 g/mol. The molecule has 0 radical (unpaired) electrons. The van der Waals surface area contributed by atoms with Crippen LogP contribution in [0.2, 0.25) is 0 Å². The minimum atomic E-state index is -0.409. The molecule has 2 aromatic heterocycles. The maximum Gasteiger partial charge on any atom is 0.357 e. The van der Waals surface area contributed by atoms with E-state index in [1.807, 2.05) is 10.9 Å². The minimum Gasteiger partial charge on any atom is -0.464 e. The molecule has 0 saturated heterocycles. The Morgan fingerprint density at radius 2 is 2.41 bits per heavy atom. The second-order valence-electron chi connectivity index (χ2n) is 3.52. The second-order valence-corrected chi connectivity index (χ2v) is 4.38. The zero-order valence-corrected chi connectivity index (χ0v) is 10.5. The molecule has 0 aliphatic carbocycles. The molecule has 0 saturated carbocycles. The lowest BCUT2D eigenvalue weighted by atomic mass is 10.4. The van der Waals surface area contributed by atoms with E-state index in [2.05, 4.69) is 21.7 Å². The molecule has 0 spiro atoms. The molecule has 0 unspecified atom stereocenters. The van der Waals surface area contributed by atoms with Crippen molar-refractivity contribution in [3.63, 3.8) is 0 Å². The van der Waals surface area contributed by atoms with Gasteiger partial charge in [0.25, 0.3) is 0 Å². The Labute approximate surface area is 103 Å². The molecular formula is C11H13N3O2S. The van der Waals surface area contributed by atoms with Crippen molar-refractivity contribution in [2.75, 3.05) is 7.11 Å². The summed E-state index contributed by atoms with van der Waals surface area (Å²) in [6.45, 7) is 2.98. The smallest absolute Gasteiger partial charge is 0.357 e. The number of ether oxygens (including phenoxy) is 1. The fourth-order valence-electron chi connectivity index (χ4n) is 1.43. The van der Waals surface area contributed by atoms with Gasteiger partial charge in [-0.3, -0.25) is 4.68 Å². The number of carbonyl (C=O) groups excluding carboxylic acids is 1. The standard InChI is InChI=1S/C11H13N3O2S/c1-3-4-14-6-8(5-12-14)10-13-9(7-17-10)11(15)16-2/h5-7H,3-4H2,1-2H3. The fraction of sp³-hybridized carbons (Fsp3) is 0.364. The molecule has 0 fully saturated rings. The number of nitrogens with zero attached hydrogens (tertiary/aromatic N) is 3. The SMILES string of the molecule is CCCn1cc(-c2nc(C(=O)OC)cs2)cn1. The molecule has 0 amide bonds. The van der Waals surface area contributed by atoms with Crippen molar-refractivity contribution in [2.45, 2.75) is 19.9 Å². The van der Waals surface area contributed by atoms with Crippen LogP contribution in [0.4, 0.5) is 0 Å². The van der Waals surface area contributed by atoms with Gasteiger partial charge in [0.05, 0.1) is 13.3 Å². The van der Waals surface area contributed by atoms with Gasteiger partial charge < -0.3 is 4.74 Å². The highest BCUT2D eigenvalue weighted by atomic mass is 32.1. The molecule has 0 bridgehead atoms. The summed E-state index contributed by atoms with van der Waals surface area (Å²) < 4.78 is 6.48. The number of thiazole rings is 1. The van der Waals surface area contributed by atoms with E-state index < -0.39 is 5.97 Å². The quantitative estimate of drug-likeness (QED) is 0.782. The Hall–Kier alpha value is -1.69. The van der Waals surface area contributed by atoms with Crippen LogP contribution in [-0.2, 0) is 11.3 Å². The van der Waals surface area contributed by atoms with Crippen LogP contribution in [0.15, 0.2) is 17.8 Å². The van der Waals surface area contributed by atoms with Crippen molar-refractivity contribution in [3.05, 3.63) is 23.5 Å². The molecule has 2 heterocycles. The Balaban J connectivity index is 2.21. The average Bonchev–Trinajstić information content (AvgIpc) is 2.96. The monoisotopic (exact) mass is 251 g/mol. The first kappa shape index (κ1) is 11.8. The number of rotatable bonds is 4. The van der Waals surface area contributed by atoms with Crippen LogP contribution in [0.25, 0.3) is 10.6 Å². The molecule has 17 heavy (non-hydrogen) atoms. The van der Waals surface area contributed by atoms with Crippen molar-refractivity contribution in [1.82, 2.24) is 14.8 Å². The lowest BCUT2D eigenvalue weighted by molar-refractivity contribution is 0.0595. The maximum absolute atomic E-state index is 11.3. The van der Waals surface area contributed by atoms with Crippen molar-refractivity contribution in [3.8, 4) is 10.6 Å². The van der Waals surface area contributed by atoms with Gasteiger partial charge in [-0.2, -0.15) is 5.10 Å². The topological polar surface area (TPSA) is 57.0 Å². The third-order valence-electron chi connectivity index (χ3n) is 2.23. The Bertz CT molecular complexity index is 518. The van der Waals surface area contributed by atoms with E-state index in [1.54, 1.807) is 11.6 Å². The van der Waals surface area contributed by atoms with Gasteiger partial charge in [-0.25, -0.2) is 9.78 Å². The highest BCUT2D eigenvalue weighted by Crippen LogP contribution is 2.23. The summed E-state index contributed by atoms with van der Waals surface area (Å²) in [6.07, 6.45) is 4.73. The minimum absolute atomic E-state index is 0.343. The number of methoxy groups -OCH3 is 1. The summed E-state index contributed by atoms with van der Waals surface area (Å²) in [5.74, 6) is -0.409. The van der Waals surface area contributed by atoms with Crippen LogP contribution in [0.1, 0.15) is 23.8 Å². The predicted molar refractivity (Wildman–Crippen MR) is 65.0 cm³/mol. The van der Waals surface area contributed by atoms with Crippen molar-refractivity contribution >= 4 is 17.3 Å². The molecule has 6 heteroatoms. The van der Waals surface area contributed by atoms with Gasteiger partial charge in [0, 0.05) is 23.7 Å². The summed E-state index contributed by atoms with van der Waals surface area (Å²) in [6, 6.07) is 0. The van der Waals surface area contributed by atoms with Crippen LogP contribution in [0.3, 0.4) is 0 Å². The lowest BCUT2D eigenvalue weighted by Gasteiger charge is -1.94. The van der Waals surface area contributed by atoms with E-state index in [4.69, 9.17) is 0 Å².